The molecular weight excluding hydrogens is 272 g/mol. The summed E-state index contributed by atoms with van der Waals surface area (Å²) in [5.74, 6) is -1.03. The second-order valence-corrected chi connectivity index (χ2v) is 6.74. The minimum atomic E-state index is -2.76. The predicted octanol–water partition coefficient (Wildman–Crippen LogP) is 0.537. The lowest BCUT2D eigenvalue weighted by Gasteiger charge is -2.36. The normalized spacial score (nSPS) is 33.8. The van der Waals surface area contributed by atoms with Gasteiger partial charge in [-0.2, -0.15) is 11.8 Å². The van der Waals surface area contributed by atoms with E-state index in [1.165, 1.54) is 0 Å². The van der Waals surface area contributed by atoms with Crippen molar-refractivity contribution in [3.63, 3.8) is 0 Å². The topological polar surface area (TPSA) is 44.4 Å². The van der Waals surface area contributed by atoms with Crippen molar-refractivity contribution in [1.82, 2.24) is 15.5 Å². The van der Waals surface area contributed by atoms with Crippen LogP contribution in [0, 0.1) is 0 Å². The molecule has 2 unspecified atom stereocenters. The molecule has 4 nitrogen and oxygen atoms in total. The average molecular weight is 293 g/mol. The Morgan fingerprint density at radius 2 is 2.26 bits per heavy atom. The minimum absolute atomic E-state index is 0.0402. The third kappa shape index (κ3) is 3.38. The summed E-state index contributed by atoms with van der Waals surface area (Å²) in [6, 6.07) is -0.761. The monoisotopic (exact) mass is 293 g/mol. The van der Waals surface area contributed by atoms with Gasteiger partial charge in [0, 0.05) is 24.3 Å². The first-order valence-electron chi connectivity index (χ1n) is 6.49. The van der Waals surface area contributed by atoms with Crippen LogP contribution in [0.5, 0.6) is 0 Å². The van der Waals surface area contributed by atoms with Gasteiger partial charge in [0.25, 0.3) is 5.92 Å². The fourth-order valence-electron chi connectivity index (χ4n) is 2.52. The van der Waals surface area contributed by atoms with Crippen LogP contribution in [0.2, 0.25) is 0 Å². The fourth-order valence-corrected chi connectivity index (χ4v) is 4.08. The van der Waals surface area contributed by atoms with E-state index in [0.29, 0.717) is 6.54 Å². The molecule has 2 aliphatic rings. The van der Waals surface area contributed by atoms with Crippen molar-refractivity contribution in [2.45, 2.75) is 30.3 Å². The van der Waals surface area contributed by atoms with E-state index >= 15 is 0 Å². The number of amides is 1. The van der Waals surface area contributed by atoms with Gasteiger partial charge in [-0.1, -0.05) is 0 Å². The Morgan fingerprint density at radius 3 is 2.74 bits per heavy atom. The highest BCUT2D eigenvalue weighted by Crippen LogP contribution is 2.31. The van der Waals surface area contributed by atoms with Crippen LogP contribution < -0.4 is 10.6 Å². The lowest BCUT2D eigenvalue weighted by atomic mass is 9.97. The number of likely N-dealkylation sites (N-methyl/N-ethyl adjacent to an activating group) is 1. The molecule has 2 atom stereocenters. The molecule has 0 bridgehead atoms. The van der Waals surface area contributed by atoms with Crippen molar-refractivity contribution in [1.29, 1.82) is 0 Å². The molecule has 110 valence electrons. The molecule has 19 heavy (non-hydrogen) atoms. The molecule has 0 aromatic carbocycles. The first kappa shape index (κ1) is 15.0. The van der Waals surface area contributed by atoms with Gasteiger partial charge in [-0.05, 0) is 26.3 Å². The Balaban J connectivity index is 1.86. The first-order chi connectivity index (χ1) is 8.85. The summed E-state index contributed by atoms with van der Waals surface area (Å²) in [5.41, 5.74) is -0.0402. The van der Waals surface area contributed by atoms with Crippen LogP contribution in [0.15, 0.2) is 0 Å². The Labute approximate surface area is 116 Å². The van der Waals surface area contributed by atoms with Gasteiger partial charge in [0.15, 0.2) is 0 Å². The van der Waals surface area contributed by atoms with Gasteiger partial charge in [-0.15, -0.1) is 0 Å². The van der Waals surface area contributed by atoms with E-state index < -0.39 is 24.9 Å². The number of nitrogens with zero attached hydrogens (tertiary/aromatic N) is 1. The molecule has 0 aromatic heterocycles. The van der Waals surface area contributed by atoms with Gasteiger partial charge >= 0.3 is 0 Å². The van der Waals surface area contributed by atoms with Crippen molar-refractivity contribution in [2.24, 2.45) is 0 Å². The smallest absolute Gasteiger partial charge is 0.262 e. The molecule has 2 fully saturated rings. The summed E-state index contributed by atoms with van der Waals surface area (Å²) >= 11 is 1.86. The largest absolute Gasteiger partial charge is 0.353 e. The molecule has 0 spiro atoms. The zero-order chi connectivity index (χ0) is 14.1. The molecule has 0 aliphatic carbocycles. The summed E-state index contributed by atoms with van der Waals surface area (Å²) in [6.45, 7) is 0.120. The summed E-state index contributed by atoms with van der Waals surface area (Å²) in [5, 5.41) is 5.42. The zero-order valence-electron chi connectivity index (χ0n) is 11.3. The lowest BCUT2D eigenvalue weighted by Crippen LogP contribution is -2.55. The standard InChI is InChI=1S/C12H21F2N3OS/c1-17(2)11(3-4-19-8-11)6-16-10(18)9-5-12(13,14)7-15-9/h9,15H,3-8H2,1-2H3,(H,16,18). The summed E-state index contributed by atoms with van der Waals surface area (Å²) in [4.78, 5) is 14.1. The number of alkyl halides is 2. The highest BCUT2D eigenvalue weighted by Gasteiger charge is 2.43. The number of halogens is 2. The molecule has 2 heterocycles. The van der Waals surface area contributed by atoms with E-state index in [0.717, 1.165) is 17.9 Å². The van der Waals surface area contributed by atoms with E-state index in [9.17, 15) is 13.6 Å². The molecule has 7 heteroatoms. The third-order valence-electron chi connectivity index (χ3n) is 4.05. The van der Waals surface area contributed by atoms with Crippen molar-refractivity contribution in [3.05, 3.63) is 0 Å². The number of thioether (sulfide) groups is 1. The van der Waals surface area contributed by atoms with Gasteiger partial charge in [0.05, 0.1) is 12.6 Å². The fraction of sp³-hybridized carbons (Fsp3) is 0.917. The van der Waals surface area contributed by atoms with Crippen LogP contribution >= 0.6 is 11.8 Å². The molecule has 2 N–H and O–H groups in total. The Morgan fingerprint density at radius 1 is 1.53 bits per heavy atom. The van der Waals surface area contributed by atoms with E-state index in [1.54, 1.807) is 0 Å². The Kier molecular flexibility index (Phi) is 4.37. The molecule has 2 aliphatic heterocycles. The molecule has 0 aromatic rings. The van der Waals surface area contributed by atoms with Gasteiger partial charge in [-0.25, -0.2) is 8.78 Å². The molecule has 0 saturated carbocycles. The van der Waals surface area contributed by atoms with Crippen LogP contribution in [0.4, 0.5) is 8.78 Å². The van der Waals surface area contributed by atoms with Gasteiger partial charge in [-0.3, -0.25) is 10.1 Å². The molecule has 0 radical (unpaired) electrons. The summed E-state index contributed by atoms with van der Waals surface area (Å²) in [7, 11) is 4.00. The number of carbonyl (C=O) groups is 1. The third-order valence-corrected chi connectivity index (χ3v) is 5.28. The molecule has 1 amide bonds. The maximum absolute atomic E-state index is 13.0. The second-order valence-electron chi connectivity index (χ2n) is 5.63. The number of rotatable bonds is 4. The predicted molar refractivity (Wildman–Crippen MR) is 72.7 cm³/mol. The van der Waals surface area contributed by atoms with Crippen LogP contribution in [0.3, 0.4) is 0 Å². The van der Waals surface area contributed by atoms with Crippen molar-refractivity contribution < 1.29 is 13.6 Å². The Bertz CT molecular complexity index is 346. The van der Waals surface area contributed by atoms with Crippen molar-refractivity contribution in [3.8, 4) is 0 Å². The minimum Gasteiger partial charge on any atom is -0.353 e. The maximum atomic E-state index is 13.0. The molecular formula is C12H21F2N3OS. The quantitative estimate of drug-likeness (QED) is 0.794. The van der Waals surface area contributed by atoms with Crippen LogP contribution in [-0.2, 0) is 4.79 Å². The van der Waals surface area contributed by atoms with Gasteiger partial charge in [0.1, 0.15) is 0 Å². The summed E-state index contributed by atoms with van der Waals surface area (Å²) < 4.78 is 26.1. The van der Waals surface area contributed by atoms with E-state index in [-0.39, 0.29) is 11.4 Å². The van der Waals surface area contributed by atoms with Crippen LogP contribution in [0.25, 0.3) is 0 Å². The van der Waals surface area contributed by atoms with E-state index in [2.05, 4.69) is 15.5 Å². The number of hydrogen-bond donors (Lipinski definition) is 2. The van der Waals surface area contributed by atoms with E-state index in [4.69, 9.17) is 0 Å². The maximum Gasteiger partial charge on any atom is 0.262 e. The van der Waals surface area contributed by atoms with Crippen molar-refractivity contribution in [2.75, 3.05) is 38.7 Å². The zero-order valence-corrected chi connectivity index (χ0v) is 12.2. The van der Waals surface area contributed by atoms with Crippen LogP contribution in [0.1, 0.15) is 12.8 Å². The SMILES string of the molecule is CN(C)C1(CNC(=O)C2CC(F)(F)CN2)CCSC1. The van der Waals surface area contributed by atoms with Crippen molar-refractivity contribution >= 4 is 17.7 Å². The van der Waals surface area contributed by atoms with Crippen LogP contribution in [-0.4, -0.2) is 67.0 Å². The summed E-state index contributed by atoms with van der Waals surface area (Å²) in [6.07, 6.45) is 0.613. The highest BCUT2D eigenvalue weighted by molar-refractivity contribution is 7.99. The highest BCUT2D eigenvalue weighted by atomic mass is 32.2. The average Bonchev–Trinajstić information content (AvgIpc) is 2.93. The Hall–Kier alpha value is -0.400. The van der Waals surface area contributed by atoms with E-state index in [1.807, 2.05) is 25.9 Å². The van der Waals surface area contributed by atoms with Gasteiger partial charge in [0.2, 0.25) is 5.91 Å². The molecule has 2 saturated heterocycles. The second kappa shape index (κ2) is 5.54. The molecule has 2 rings (SSSR count). The first-order valence-corrected chi connectivity index (χ1v) is 7.64. The number of nitrogens with one attached hydrogen (secondary N) is 2. The number of hydrogen-bond acceptors (Lipinski definition) is 4. The number of carbonyl (C=O) groups excluding carboxylic acids is 1. The lowest BCUT2D eigenvalue weighted by molar-refractivity contribution is -0.123. The van der Waals surface area contributed by atoms with Gasteiger partial charge < -0.3 is 10.2 Å².